The average molecular weight is 409 g/mol. The third kappa shape index (κ3) is 3.30. The number of imidazole rings is 1. The Hall–Kier alpha value is -3.68. The van der Waals surface area contributed by atoms with Gasteiger partial charge in [0, 0.05) is 18.4 Å². The number of nitrogens with zero attached hydrogens (tertiary/aromatic N) is 2. The number of ether oxygens (including phenoxy) is 4. The highest BCUT2D eigenvalue weighted by Gasteiger charge is 2.32. The lowest BCUT2D eigenvalue weighted by molar-refractivity contribution is -0.116. The fourth-order valence-corrected chi connectivity index (χ4v) is 3.72. The van der Waals surface area contributed by atoms with Crippen molar-refractivity contribution in [1.29, 1.82) is 0 Å². The van der Waals surface area contributed by atoms with Crippen LogP contribution in [-0.2, 0) is 4.79 Å². The normalized spacial score (nSPS) is 15.2. The van der Waals surface area contributed by atoms with Gasteiger partial charge in [0.05, 0.1) is 39.8 Å². The summed E-state index contributed by atoms with van der Waals surface area (Å²) >= 11 is 0. The lowest BCUT2D eigenvalue weighted by atomic mass is 9.89. The molecule has 1 amide bonds. The van der Waals surface area contributed by atoms with E-state index >= 15 is 0 Å². The second kappa shape index (κ2) is 7.98. The minimum absolute atomic E-state index is 0.0918. The topological polar surface area (TPSA) is 83.8 Å². The van der Waals surface area contributed by atoms with Crippen LogP contribution in [0.15, 0.2) is 42.7 Å². The first-order valence-electron chi connectivity index (χ1n) is 9.41. The van der Waals surface area contributed by atoms with Gasteiger partial charge in [0.2, 0.25) is 5.91 Å². The molecule has 3 aromatic rings. The largest absolute Gasteiger partial charge is 0.497 e. The van der Waals surface area contributed by atoms with Crippen molar-refractivity contribution in [3.8, 4) is 28.7 Å². The van der Waals surface area contributed by atoms with Crippen molar-refractivity contribution in [3.63, 3.8) is 0 Å². The highest BCUT2D eigenvalue weighted by Crippen LogP contribution is 2.41. The predicted molar refractivity (Wildman–Crippen MR) is 111 cm³/mol. The van der Waals surface area contributed by atoms with Crippen molar-refractivity contribution in [2.24, 2.45) is 0 Å². The van der Waals surface area contributed by atoms with Gasteiger partial charge in [-0.1, -0.05) is 6.07 Å². The van der Waals surface area contributed by atoms with Crippen LogP contribution in [0.3, 0.4) is 0 Å². The van der Waals surface area contributed by atoms with Crippen LogP contribution in [0.4, 0.5) is 5.82 Å². The number of fused-ring (bicyclic) bond motifs is 1. The number of methoxy groups -OCH3 is 4. The fraction of sp³-hybridized carbons (Fsp3) is 0.273. The Morgan fingerprint density at radius 3 is 2.37 bits per heavy atom. The van der Waals surface area contributed by atoms with E-state index in [0.717, 1.165) is 16.9 Å². The molecule has 0 unspecified atom stereocenters. The Kier molecular flexibility index (Phi) is 5.22. The molecule has 2 aromatic carbocycles. The van der Waals surface area contributed by atoms with Gasteiger partial charge in [-0.15, -0.1) is 0 Å². The van der Waals surface area contributed by atoms with Gasteiger partial charge in [-0.05, 0) is 29.8 Å². The van der Waals surface area contributed by atoms with Crippen LogP contribution in [0, 0.1) is 0 Å². The number of carbonyl (C=O) groups excluding carboxylic acids is 1. The van der Waals surface area contributed by atoms with E-state index in [0.29, 0.717) is 28.8 Å². The molecule has 30 heavy (non-hydrogen) atoms. The molecule has 8 heteroatoms. The van der Waals surface area contributed by atoms with Crippen molar-refractivity contribution in [1.82, 2.24) is 9.55 Å². The first-order chi connectivity index (χ1) is 14.6. The molecule has 0 saturated heterocycles. The Morgan fingerprint density at radius 1 is 0.933 bits per heavy atom. The molecule has 0 radical (unpaired) electrons. The van der Waals surface area contributed by atoms with Crippen LogP contribution < -0.4 is 24.3 Å². The number of nitrogens with one attached hydrogen (secondary N) is 1. The van der Waals surface area contributed by atoms with Gasteiger partial charge in [-0.2, -0.15) is 0 Å². The monoisotopic (exact) mass is 409 g/mol. The molecule has 0 fully saturated rings. The summed E-state index contributed by atoms with van der Waals surface area (Å²) in [6.07, 6.45) is 1.97. The third-order valence-corrected chi connectivity index (χ3v) is 5.23. The number of hydrogen-bond donors (Lipinski definition) is 1. The van der Waals surface area contributed by atoms with Crippen LogP contribution >= 0.6 is 0 Å². The Morgan fingerprint density at radius 2 is 1.67 bits per heavy atom. The van der Waals surface area contributed by atoms with Crippen LogP contribution in [0.1, 0.15) is 23.6 Å². The molecule has 156 valence electrons. The molecule has 4 rings (SSSR count). The standard InChI is InChI=1S/C22H23N3O5/c1-27-14-6-8-17(28-2)16(10-14)25-12-23-21-15(11-20(26)24-22(21)25)13-5-7-18(29-3)19(9-13)30-4/h5-10,12,15H,11H2,1-4H3,(H,24,26)/t15-/m0/s1. The molecular formula is C22H23N3O5. The number of rotatable bonds is 6. The van der Waals surface area contributed by atoms with E-state index in [-0.39, 0.29) is 18.2 Å². The van der Waals surface area contributed by atoms with Gasteiger partial charge in [-0.3, -0.25) is 9.36 Å². The third-order valence-electron chi connectivity index (χ3n) is 5.23. The molecule has 1 N–H and O–H groups in total. The van der Waals surface area contributed by atoms with Crippen molar-refractivity contribution < 1.29 is 23.7 Å². The molecule has 1 aliphatic rings. The van der Waals surface area contributed by atoms with Gasteiger partial charge < -0.3 is 24.3 Å². The van der Waals surface area contributed by atoms with E-state index in [4.69, 9.17) is 18.9 Å². The Bertz CT molecular complexity index is 1090. The van der Waals surface area contributed by atoms with Gasteiger partial charge in [0.1, 0.15) is 23.6 Å². The van der Waals surface area contributed by atoms with Crippen molar-refractivity contribution in [2.75, 3.05) is 33.8 Å². The molecule has 8 nitrogen and oxygen atoms in total. The molecule has 1 aromatic heterocycles. The van der Waals surface area contributed by atoms with E-state index in [1.165, 1.54) is 0 Å². The maximum atomic E-state index is 12.6. The molecule has 0 bridgehead atoms. The average Bonchev–Trinajstić information content (AvgIpc) is 3.21. The SMILES string of the molecule is COc1ccc(OC)c(-n2cnc3c2NC(=O)C[C@H]3c2ccc(OC)c(OC)c2)c1. The number of anilines is 1. The maximum absolute atomic E-state index is 12.6. The minimum atomic E-state index is -0.216. The first-order valence-corrected chi connectivity index (χ1v) is 9.41. The van der Waals surface area contributed by atoms with Crippen LogP contribution in [0.25, 0.3) is 5.69 Å². The molecule has 0 spiro atoms. The summed E-state index contributed by atoms with van der Waals surface area (Å²) in [5.41, 5.74) is 2.41. The first kappa shape index (κ1) is 19.6. The van der Waals surface area contributed by atoms with Crippen LogP contribution in [-0.4, -0.2) is 43.9 Å². The molecular weight excluding hydrogens is 386 g/mol. The van der Waals surface area contributed by atoms with Gasteiger partial charge >= 0.3 is 0 Å². The Balaban J connectivity index is 1.82. The molecule has 1 aliphatic heterocycles. The summed E-state index contributed by atoms with van der Waals surface area (Å²) < 4.78 is 23.4. The predicted octanol–water partition coefficient (Wildman–Crippen LogP) is 3.38. The van der Waals surface area contributed by atoms with E-state index in [9.17, 15) is 4.79 Å². The zero-order valence-electron chi connectivity index (χ0n) is 17.3. The van der Waals surface area contributed by atoms with E-state index < -0.39 is 0 Å². The zero-order valence-corrected chi connectivity index (χ0v) is 17.3. The lowest BCUT2D eigenvalue weighted by Gasteiger charge is -2.24. The smallest absolute Gasteiger partial charge is 0.226 e. The molecule has 2 heterocycles. The van der Waals surface area contributed by atoms with Crippen LogP contribution in [0.2, 0.25) is 0 Å². The summed E-state index contributed by atoms with van der Waals surface area (Å²) in [4.78, 5) is 17.2. The summed E-state index contributed by atoms with van der Waals surface area (Å²) in [7, 11) is 6.38. The number of aromatic nitrogens is 2. The van der Waals surface area contributed by atoms with Crippen molar-refractivity contribution in [3.05, 3.63) is 54.0 Å². The van der Waals surface area contributed by atoms with Gasteiger partial charge in [-0.25, -0.2) is 4.98 Å². The number of hydrogen-bond acceptors (Lipinski definition) is 6. The van der Waals surface area contributed by atoms with E-state index in [1.54, 1.807) is 34.8 Å². The van der Waals surface area contributed by atoms with E-state index in [1.807, 2.05) is 41.0 Å². The minimum Gasteiger partial charge on any atom is -0.497 e. The van der Waals surface area contributed by atoms with Crippen molar-refractivity contribution >= 4 is 11.7 Å². The molecule has 0 aliphatic carbocycles. The van der Waals surface area contributed by atoms with E-state index in [2.05, 4.69) is 10.3 Å². The highest BCUT2D eigenvalue weighted by atomic mass is 16.5. The Labute approximate surface area is 174 Å². The second-order valence-corrected chi connectivity index (χ2v) is 6.81. The summed E-state index contributed by atoms with van der Waals surface area (Å²) in [5, 5.41) is 2.96. The summed E-state index contributed by atoms with van der Waals surface area (Å²) in [6, 6.07) is 11.1. The maximum Gasteiger partial charge on any atom is 0.226 e. The summed E-state index contributed by atoms with van der Waals surface area (Å²) in [6.45, 7) is 0. The van der Waals surface area contributed by atoms with Gasteiger partial charge in [0.25, 0.3) is 0 Å². The van der Waals surface area contributed by atoms with Gasteiger partial charge in [0.15, 0.2) is 11.5 Å². The number of amides is 1. The van der Waals surface area contributed by atoms with Crippen LogP contribution in [0.5, 0.6) is 23.0 Å². The number of benzene rings is 2. The molecule has 0 saturated carbocycles. The highest BCUT2D eigenvalue weighted by molar-refractivity contribution is 5.94. The lowest BCUT2D eigenvalue weighted by Crippen LogP contribution is -2.25. The summed E-state index contributed by atoms with van der Waals surface area (Å²) in [5.74, 6) is 2.85. The number of carbonyl (C=O) groups is 1. The molecule has 1 atom stereocenters. The van der Waals surface area contributed by atoms with Crippen molar-refractivity contribution in [2.45, 2.75) is 12.3 Å². The second-order valence-electron chi connectivity index (χ2n) is 6.81. The zero-order chi connectivity index (χ0) is 21.3. The quantitative estimate of drug-likeness (QED) is 0.672. The fourth-order valence-electron chi connectivity index (χ4n) is 3.72.